The molecule has 1 rings (SSSR count). The Kier molecular flexibility index (Phi) is 4.28. The van der Waals surface area contributed by atoms with Crippen LogP contribution in [0.3, 0.4) is 0 Å². The molecule has 1 aromatic heterocycles. The number of hydrogen-bond donors (Lipinski definition) is 1. The third kappa shape index (κ3) is 3.68. The lowest BCUT2D eigenvalue weighted by Gasteiger charge is -2.02. The minimum Gasteiger partial charge on any atom is -0.384 e. The molecule has 1 N–H and O–H groups in total. The van der Waals surface area contributed by atoms with Gasteiger partial charge < -0.3 is 10.1 Å². The van der Waals surface area contributed by atoms with E-state index in [4.69, 9.17) is 16.3 Å². The average molecular weight is 216 g/mol. The fourth-order valence-electron chi connectivity index (χ4n) is 0.805. The largest absolute Gasteiger partial charge is 0.384 e. The minimum absolute atomic E-state index is 0.106. The molecule has 0 aliphatic rings. The number of nitrogens with one attached hydrogen (secondary N) is 1. The van der Waals surface area contributed by atoms with Crippen LogP contribution in [0.4, 0.5) is 5.82 Å². The van der Waals surface area contributed by atoms with Gasteiger partial charge in [-0.05, 0) is 17.7 Å². The van der Waals surface area contributed by atoms with Crippen molar-refractivity contribution < 1.29 is 9.53 Å². The van der Waals surface area contributed by atoms with Crippen LogP contribution in [0, 0.1) is 0 Å². The first kappa shape index (κ1) is 10.9. The summed E-state index contributed by atoms with van der Waals surface area (Å²) < 4.78 is 4.75. The molecule has 1 heterocycles. The number of rotatable bonds is 4. The zero-order valence-electron chi connectivity index (χ0n) is 7.66. The highest BCUT2D eigenvalue weighted by Crippen LogP contribution is 2.05. The highest BCUT2D eigenvalue weighted by atomic mass is 35.5. The number of halogens is 1. The number of aromatic nitrogens is 2. The van der Waals surface area contributed by atoms with Crippen molar-refractivity contribution in [3.05, 3.63) is 17.5 Å². The Morgan fingerprint density at radius 2 is 2.50 bits per heavy atom. The average Bonchev–Trinajstić information content (AvgIpc) is 2.15. The maximum absolute atomic E-state index is 11.2. The maximum atomic E-state index is 11.2. The molecule has 0 radical (unpaired) electrons. The van der Waals surface area contributed by atoms with Gasteiger partial charge in [0.05, 0.1) is 13.0 Å². The number of nitrogens with zero attached hydrogens (tertiary/aromatic N) is 2. The van der Waals surface area contributed by atoms with Crippen LogP contribution in [-0.2, 0) is 9.53 Å². The van der Waals surface area contributed by atoms with Crippen LogP contribution in [0.15, 0.2) is 12.3 Å². The Morgan fingerprint density at radius 3 is 3.14 bits per heavy atom. The Morgan fingerprint density at radius 1 is 1.71 bits per heavy atom. The van der Waals surface area contributed by atoms with Crippen LogP contribution in [0.5, 0.6) is 0 Å². The minimum atomic E-state index is -0.165. The number of amides is 1. The van der Waals surface area contributed by atoms with Gasteiger partial charge in [-0.2, -0.15) is 0 Å². The van der Waals surface area contributed by atoms with Gasteiger partial charge in [-0.15, -0.1) is 0 Å². The summed E-state index contributed by atoms with van der Waals surface area (Å²) in [5.74, 6) is 0.229. The molecule has 0 aromatic carbocycles. The number of hydrogen-bond acceptors (Lipinski definition) is 4. The summed E-state index contributed by atoms with van der Waals surface area (Å²) in [7, 11) is 1.54. The van der Waals surface area contributed by atoms with Gasteiger partial charge in [-0.25, -0.2) is 9.97 Å². The predicted molar refractivity (Wildman–Crippen MR) is 52.2 cm³/mol. The van der Waals surface area contributed by atoms with E-state index < -0.39 is 0 Å². The van der Waals surface area contributed by atoms with E-state index in [1.54, 1.807) is 6.07 Å². The zero-order chi connectivity index (χ0) is 10.4. The van der Waals surface area contributed by atoms with E-state index in [2.05, 4.69) is 15.3 Å². The van der Waals surface area contributed by atoms with E-state index in [-0.39, 0.29) is 17.6 Å². The number of carbonyl (C=O) groups is 1. The SMILES string of the molecule is COCCC(=O)Nc1ccnc(Cl)n1. The fourth-order valence-corrected chi connectivity index (χ4v) is 0.952. The molecule has 0 unspecified atom stereocenters. The highest BCUT2D eigenvalue weighted by molar-refractivity contribution is 6.28. The molecule has 76 valence electrons. The summed E-state index contributed by atoms with van der Waals surface area (Å²) in [6.07, 6.45) is 1.76. The third-order valence-corrected chi connectivity index (χ3v) is 1.61. The Labute approximate surface area is 86.5 Å². The first-order chi connectivity index (χ1) is 6.72. The first-order valence-electron chi connectivity index (χ1n) is 3.99. The maximum Gasteiger partial charge on any atom is 0.227 e. The van der Waals surface area contributed by atoms with Gasteiger partial charge >= 0.3 is 0 Å². The number of ether oxygens (including phenoxy) is 1. The van der Waals surface area contributed by atoms with E-state index in [1.165, 1.54) is 13.3 Å². The topological polar surface area (TPSA) is 64.1 Å². The van der Waals surface area contributed by atoms with Crippen molar-refractivity contribution in [1.29, 1.82) is 0 Å². The van der Waals surface area contributed by atoms with Gasteiger partial charge in [0.2, 0.25) is 11.2 Å². The van der Waals surface area contributed by atoms with E-state index in [1.807, 2.05) is 0 Å². The van der Waals surface area contributed by atoms with Crippen molar-refractivity contribution in [2.75, 3.05) is 19.0 Å². The summed E-state index contributed by atoms with van der Waals surface area (Å²) in [6.45, 7) is 0.380. The number of methoxy groups -OCH3 is 1. The lowest BCUT2D eigenvalue weighted by Crippen LogP contribution is -2.14. The second-order valence-electron chi connectivity index (χ2n) is 2.50. The molecule has 0 saturated carbocycles. The fraction of sp³-hybridized carbons (Fsp3) is 0.375. The summed E-state index contributed by atoms with van der Waals surface area (Å²) >= 11 is 5.53. The molecule has 5 nitrogen and oxygen atoms in total. The lowest BCUT2D eigenvalue weighted by atomic mass is 10.4. The molecule has 6 heteroatoms. The molecular formula is C8H10ClN3O2. The van der Waals surface area contributed by atoms with Crippen molar-refractivity contribution in [3.8, 4) is 0 Å². The molecule has 0 atom stereocenters. The zero-order valence-corrected chi connectivity index (χ0v) is 8.41. The van der Waals surface area contributed by atoms with Crippen LogP contribution >= 0.6 is 11.6 Å². The second-order valence-corrected chi connectivity index (χ2v) is 2.84. The standard InChI is InChI=1S/C8H10ClN3O2/c1-14-5-3-7(13)11-6-2-4-10-8(9)12-6/h2,4H,3,5H2,1H3,(H,10,11,12,13). The molecule has 1 amide bonds. The van der Waals surface area contributed by atoms with Crippen LogP contribution in [0.25, 0.3) is 0 Å². The van der Waals surface area contributed by atoms with Crippen molar-refractivity contribution >= 4 is 23.3 Å². The summed E-state index contributed by atoms with van der Waals surface area (Å²) in [5.41, 5.74) is 0. The smallest absolute Gasteiger partial charge is 0.227 e. The lowest BCUT2D eigenvalue weighted by molar-refractivity contribution is -0.117. The normalized spacial score (nSPS) is 9.86. The van der Waals surface area contributed by atoms with Crippen molar-refractivity contribution in [3.63, 3.8) is 0 Å². The quantitative estimate of drug-likeness (QED) is 0.765. The van der Waals surface area contributed by atoms with Crippen LogP contribution in [0.2, 0.25) is 5.28 Å². The summed E-state index contributed by atoms with van der Waals surface area (Å²) in [6, 6.07) is 1.57. The van der Waals surface area contributed by atoms with Crippen molar-refractivity contribution in [1.82, 2.24) is 9.97 Å². The van der Waals surface area contributed by atoms with E-state index in [0.717, 1.165) is 0 Å². The van der Waals surface area contributed by atoms with E-state index >= 15 is 0 Å². The van der Waals surface area contributed by atoms with Crippen molar-refractivity contribution in [2.45, 2.75) is 6.42 Å². The van der Waals surface area contributed by atoms with Gasteiger partial charge in [0.1, 0.15) is 5.82 Å². The predicted octanol–water partition coefficient (Wildman–Crippen LogP) is 1.10. The van der Waals surface area contributed by atoms with Gasteiger partial charge in [-0.3, -0.25) is 4.79 Å². The summed E-state index contributed by atoms with van der Waals surface area (Å²) in [4.78, 5) is 18.7. The Hall–Kier alpha value is -1.20. The molecule has 0 aliphatic heterocycles. The summed E-state index contributed by atoms with van der Waals surface area (Å²) in [5, 5.41) is 2.67. The van der Waals surface area contributed by atoms with Crippen molar-refractivity contribution in [2.24, 2.45) is 0 Å². The van der Waals surface area contributed by atoms with E-state index in [9.17, 15) is 4.79 Å². The Balaban J connectivity index is 2.47. The first-order valence-corrected chi connectivity index (χ1v) is 4.37. The molecule has 0 fully saturated rings. The molecule has 0 saturated heterocycles. The molecular weight excluding hydrogens is 206 g/mol. The molecule has 0 aliphatic carbocycles. The molecule has 0 bridgehead atoms. The molecule has 0 spiro atoms. The molecule has 1 aromatic rings. The van der Waals surface area contributed by atoms with Gasteiger partial charge in [-0.1, -0.05) is 0 Å². The van der Waals surface area contributed by atoms with Gasteiger partial charge in [0, 0.05) is 13.3 Å². The number of carbonyl (C=O) groups excluding carboxylic acids is 1. The highest BCUT2D eigenvalue weighted by Gasteiger charge is 2.02. The second kappa shape index (κ2) is 5.51. The number of anilines is 1. The van der Waals surface area contributed by atoms with E-state index in [0.29, 0.717) is 12.4 Å². The van der Waals surface area contributed by atoms with Gasteiger partial charge in [0.15, 0.2) is 0 Å². The Bertz CT molecular complexity index is 319. The van der Waals surface area contributed by atoms with Crippen LogP contribution in [-0.4, -0.2) is 29.6 Å². The molecule has 14 heavy (non-hydrogen) atoms. The monoisotopic (exact) mass is 215 g/mol. The van der Waals surface area contributed by atoms with Crippen LogP contribution < -0.4 is 5.32 Å². The third-order valence-electron chi connectivity index (χ3n) is 1.43. The van der Waals surface area contributed by atoms with Gasteiger partial charge in [0.25, 0.3) is 0 Å². The van der Waals surface area contributed by atoms with Crippen LogP contribution in [0.1, 0.15) is 6.42 Å².